The first-order valence-corrected chi connectivity index (χ1v) is 12.6. The van der Waals surface area contributed by atoms with Gasteiger partial charge in [0.05, 0.1) is 22.1 Å². The molecule has 0 aliphatic heterocycles. The van der Waals surface area contributed by atoms with Crippen LogP contribution in [0.5, 0.6) is 0 Å². The van der Waals surface area contributed by atoms with E-state index in [0.717, 1.165) is 17.4 Å². The summed E-state index contributed by atoms with van der Waals surface area (Å²) < 4.78 is 2.59. The molecule has 0 spiro atoms. The van der Waals surface area contributed by atoms with Crippen LogP contribution in [0.15, 0.2) is 48.7 Å². The Bertz CT molecular complexity index is 1770. The zero-order chi connectivity index (χ0) is 22.0. The molecule has 2 saturated carbocycles. The molecule has 2 aliphatic rings. The van der Waals surface area contributed by atoms with E-state index in [9.17, 15) is 0 Å². The molecule has 6 aromatic rings. The standard InChI is InChI=1S/C31H28N2/c1-16-4-7-26-24(11-16)28-23(22-14-19-5-6-20(22)13-19)15-21-8-9-32-29-25-12-17(2)10-18(3)30(25)33(26)31(28)27(21)29/h4,7-12,15,19-20,22H,5-6,13-14H2,1-3H3. The van der Waals surface area contributed by atoms with Gasteiger partial charge in [0, 0.05) is 27.7 Å². The maximum atomic E-state index is 4.98. The highest BCUT2D eigenvalue weighted by Crippen LogP contribution is 2.56. The minimum absolute atomic E-state index is 0.699. The molecule has 33 heavy (non-hydrogen) atoms. The van der Waals surface area contributed by atoms with Gasteiger partial charge in [-0.25, -0.2) is 0 Å². The van der Waals surface area contributed by atoms with Crippen molar-refractivity contribution in [1.29, 1.82) is 0 Å². The minimum Gasteiger partial charge on any atom is -0.308 e. The molecule has 2 fully saturated rings. The van der Waals surface area contributed by atoms with E-state index in [1.165, 1.54) is 85.9 Å². The van der Waals surface area contributed by atoms with Crippen LogP contribution in [-0.2, 0) is 0 Å². The van der Waals surface area contributed by atoms with Crippen LogP contribution in [0.4, 0.5) is 0 Å². The van der Waals surface area contributed by atoms with Gasteiger partial charge in [-0.15, -0.1) is 0 Å². The van der Waals surface area contributed by atoms with Gasteiger partial charge in [0.15, 0.2) is 0 Å². The highest BCUT2D eigenvalue weighted by atomic mass is 14.9. The quantitative estimate of drug-likeness (QED) is 0.190. The fourth-order valence-corrected chi connectivity index (χ4v) is 7.81. The largest absolute Gasteiger partial charge is 0.308 e. The van der Waals surface area contributed by atoms with Crippen molar-refractivity contribution < 1.29 is 0 Å². The Labute approximate surface area is 193 Å². The molecule has 2 nitrogen and oxygen atoms in total. The lowest BCUT2D eigenvalue weighted by atomic mass is 9.80. The summed E-state index contributed by atoms with van der Waals surface area (Å²) in [5.41, 5.74) is 10.8. The van der Waals surface area contributed by atoms with E-state index in [4.69, 9.17) is 4.98 Å². The first-order valence-electron chi connectivity index (χ1n) is 12.6. The molecular weight excluding hydrogens is 400 g/mol. The van der Waals surface area contributed by atoms with Crippen molar-refractivity contribution >= 4 is 49.0 Å². The summed E-state index contributed by atoms with van der Waals surface area (Å²) in [6.45, 7) is 6.70. The SMILES string of the molecule is Cc1ccc2c(c1)c1c(C3CC4CCC3C4)cc3ccnc4c5cc(C)cc(C)c5n2c1c34. The maximum absolute atomic E-state index is 4.98. The number of nitrogens with zero attached hydrogens (tertiary/aromatic N) is 2. The molecule has 3 aromatic heterocycles. The van der Waals surface area contributed by atoms with Gasteiger partial charge in [-0.05, 0) is 105 Å². The number of hydrogen-bond acceptors (Lipinski definition) is 1. The molecule has 3 heterocycles. The summed E-state index contributed by atoms with van der Waals surface area (Å²) in [7, 11) is 0. The van der Waals surface area contributed by atoms with E-state index < -0.39 is 0 Å². The molecule has 0 radical (unpaired) electrons. The Kier molecular flexibility index (Phi) is 3.36. The highest BCUT2D eigenvalue weighted by molar-refractivity contribution is 6.28. The summed E-state index contributed by atoms with van der Waals surface area (Å²) in [5, 5.41) is 6.89. The molecule has 2 aliphatic carbocycles. The molecule has 2 heteroatoms. The Balaban J connectivity index is 1.69. The van der Waals surface area contributed by atoms with Crippen LogP contribution in [0, 0.1) is 32.6 Å². The van der Waals surface area contributed by atoms with Gasteiger partial charge in [0.25, 0.3) is 0 Å². The van der Waals surface area contributed by atoms with E-state index in [-0.39, 0.29) is 0 Å². The summed E-state index contributed by atoms with van der Waals surface area (Å²) in [6.07, 6.45) is 7.69. The van der Waals surface area contributed by atoms with Gasteiger partial charge in [-0.1, -0.05) is 29.7 Å². The van der Waals surface area contributed by atoms with E-state index in [1.807, 2.05) is 6.20 Å². The van der Waals surface area contributed by atoms with Gasteiger partial charge in [0.2, 0.25) is 0 Å². The van der Waals surface area contributed by atoms with E-state index in [1.54, 1.807) is 5.56 Å². The van der Waals surface area contributed by atoms with Crippen LogP contribution in [0.1, 0.15) is 53.9 Å². The molecule has 8 rings (SSSR count). The van der Waals surface area contributed by atoms with Crippen molar-refractivity contribution in [3.05, 3.63) is 70.9 Å². The van der Waals surface area contributed by atoms with Gasteiger partial charge >= 0.3 is 0 Å². The van der Waals surface area contributed by atoms with E-state index in [2.05, 4.69) is 67.6 Å². The van der Waals surface area contributed by atoms with E-state index >= 15 is 0 Å². The van der Waals surface area contributed by atoms with Crippen LogP contribution in [0.2, 0.25) is 0 Å². The molecule has 2 bridgehead atoms. The molecule has 162 valence electrons. The Morgan fingerprint density at radius 3 is 2.52 bits per heavy atom. The average molecular weight is 429 g/mol. The second-order valence-corrected chi connectivity index (χ2v) is 11.1. The van der Waals surface area contributed by atoms with Crippen molar-refractivity contribution in [3.8, 4) is 0 Å². The second-order valence-electron chi connectivity index (χ2n) is 11.1. The van der Waals surface area contributed by atoms with Crippen LogP contribution >= 0.6 is 0 Å². The number of aryl methyl sites for hydroxylation is 3. The third-order valence-electron chi connectivity index (χ3n) is 9.00. The maximum Gasteiger partial charge on any atom is 0.0822 e. The van der Waals surface area contributed by atoms with Crippen LogP contribution in [-0.4, -0.2) is 9.38 Å². The predicted octanol–water partition coefficient (Wildman–Crippen LogP) is 8.21. The summed E-state index contributed by atoms with van der Waals surface area (Å²) in [4.78, 5) is 4.98. The van der Waals surface area contributed by atoms with Crippen LogP contribution in [0.25, 0.3) is 49.0 Å². The van der Waals surface area contributed by atoms with Crippen molar-refractivity contribution in [3.63, 3.8) is 0 Å². The van der Waals surface area contributed by atoms with Crippen LogP contribution < -0.4 is 0 Å². The second kappa shape index (κ2) is 6.05. The van der Waals surface area contributed by atoms with Gasteiger partial charge < -0.3 is 4.40 Å². The lowest BCUT2D eigenvalue weighted by Crippen LogP contribution is -2.09. The van der Waals surface area contributed by atoms with E-state index in [0.29, 0.717) is 5.92 Å². The van der Waals surface area contributed by atoms with Crippen LogP contribution in [0.3, 0.4) is 0 Å². The van der Waals surface area contributed by atoms with Gasteiger partial charge in [-0.2, -0.15) is 0 Å². The number of rotatable bonds is 1. The fraction of sp³-hybridized carbons (Fsp3) is 0.323. The molecule has 0 saturated heterocycles. The highest BCUT2D eigenvalue weighted by Gasteiger charge is 2.41. The third-order valence-corrected chi connectivity index (χ3v) is 9.00. The van der Waals surface area contributed by atoms with Crippen molar-refractivity contribution in [2.45, 2.75) is 52.4 Å². The monoisotopic (exact) mass is 428 g/mol. The topological polar surface area (TPSA) is 17.3 Å². The Hall–Kier alpha value is -3.13. The van der Waals surface area contributed by atoms with Crippen molar-refractivity contribution in [2.24, 2.45) is 11.8 Å². The first-order chi connectivity index (χ1) is 16.1. The number of benzene rings is 3. The average Bonchev–Trinajstić information content (AvgIpc) is 3.51. The van der Waals surface area contributed by atoms with Gasteiger partial charge in [0.1, 0.15) is 0 Å². The normalized spacial score (nSPS) is 22.8. The number of fused-ring (bicyclic) bond motifs is 8. The smallest absolute Gasteiger partial charge is 0.0822 e. The summed E-state index contributed by atoms with van der Waals surface area (Å²) in [6, 6.07) is 16.5. The third kappa shape index (κ3) is 2.22. The molecule has 0 N–H and O–H groups in total. The molecule has 3 unspecified atom stereocenters. The first kappa shape index (κ1) is 18.3. The zero-order valence-corrected chi connectivity index (χ0v) is 19.6. The molecule has 3 atom stereocenters. The van der Waals surface area contributed by atoms with Crippen molar-refractivity contribution in [1.82, 2.24) is 9.38 Å². The molecule has 3 aromatic carbocycles. The number of hydrogen-bond donors (Lipinski definition) is 0. The minimum atomic E-state index is 0.699. The molecule has 0 amide bonds. The zero-order valence-electron chi connectivity index (χ0n) is 19.6. The van der Waals surface area contributed by atoms with Gasteiger partial charge in [-0.3, -0.25) is 4.98 Å². The lowest BCUT2D eigenvalue weighted by Gasteiger charge is -2.24. The van der Waals surface area contributed by atoms with Crippen molar-refractivity contribution in [2.75, 3.05) is 0 Å². The Morgan fingerprint density at radius 1 is 0.818 bits per heavy atom. The lowest BCUT2D eigenvalue weighted by molar-refractivity contribution is 0.422. The predicted molar refractivity (Wildman–Crippen MR) is 139 cm³/mol. The molecular formula is C31H28N2. The Morgan fingerprint density at radius 2 is 1.70 bits per heavy atom. The number of aromatic nitrogens is 2. The summed E-state index contributed by atoms with van der Waals surface area (Å²) >= 11 is 0. The number of pyridine rings is 2. The summed E-state index contributed by atoms with van der Waals surface area (Å²) in [5.74, 6) is 2.50. The fourth-order valence-electron chi connectivity index (χ4n) is 7.81.